The molecule has 9 heteroatoms. The largest absolute Gasteiger partial charge is 0.497 e. The molecule has 3 aromatic rings. The maximum Gasteiger partial charge on any atom is 0.264 e. The van der Waals surface area contributed by atoms with Crippen molar-refractivity contribution in [2.75, 3.05) is 24.5 Å². The monoisotopic (exact) mass is 537 g/mol. The second-order valence-corrected chi connectivity index (χ2v) is 10.9. The average Bonchev–Trinajstić information content (AvgIpc) is 2.92. The summed E-state index contributed by atoms with van der Waals surface area (Å²) in [6, 6.07) is 19.9. The van der Waals surface area contributed by atoms with Crippen LogP contribution in [0, 0.1) is 13.8 Å². The molecule has 8 nitrogen and oxygen atoms in total. The first-order chi connectivity index (χ1) is 18.1. The molecule has 202 valence electrons. The van der Waals surface area contributed by atoms with Gasteiger partial charge in [0.15, 0.2) is 0 Å². The fourth-order valence-corrected chi connectivity index (χ4v) is 5.58. The maximum absolute atomic E-state index is 13.9. The van der Waals surface area contributed by atoms with Crippen molar-refractivity contribution < 1.29 is 22.7 Å². The van der Waals surface area contributed by atoms with Crippen LogP contribution in [0.15, 0.2) is 77.7 Å². The Morgan fingerprint density at radius 3 is 2.34 bits per heavy atom. The SMILES string of the molecule is CCNC(=O)C(C)N(Cc1cccc(OC)c1)C(=O)CN(c1cc(C)ccc1C)S(=O)(=O)c1ccccc1. The number of sulfonamides is 1. The standard InChI is InChI=1S/C29H35N3O5S/c1-6-30-29(34)23(4)31(19-24-11-10-12-25(18-24)37-5)28(33)20-32(27-17-21(2)15-16-22(27)3)38(35,36)26-13-8-7-9-14-26/h7-18,23H,6,19-20H2,1-5H3,(H,30,34). The molecule has 0 saturated heterocycles. The van der Waals surface area contributed by atoms with Gasteiger partial charge >= 0.3 is 0 Å². The van der Waals surface area contributed by atoms with Gasteiger partial charge < -0.3 is 15.0 Å². The Labute approximate surface area is 225 Å². The molecule has 0 aliphatic rings. The van der Waals surface area contributed by atoms with Gasteiger partial charge in [-0.15, -0.1) is 0 Å². The number of amides is 2. The summed E-state index contributed by atoms with van der Waals surface area (Å²) >= 11 is 0. The lowest BCUT2D eigenvalue weighted by atomic mass is 10.1. The van der Waals surface area contributed by atoms with Crippen molar-refractivity contribution in [1.82, 2.24) is 10.2 Å². The van der Waals surface area contributed by atoms with E-state index in [-0.39, 0.29) is 17.3 Å². The molecule has 1 atom stereocenters. The topological polar surface area (TPSA) is 96.0 Å². The first-order valence-electron chi connectivity index (χ1n) is 12.4. The number of hydrogen-bond acceptors (Lipinski definition) is 5. The summed E-state index contributed by atoms with van der Waals surface area (Å²) in [5.41, 5.74) is 2.72. The lowest BCUT2D eigenvalue weighted by Crippen LogP contribution is -2.51. The highest BCUT2D eigenvalue weighted by atomic mass is 32.2. The first kappa shape index (κ1) is 28.7. The summed E-state index contributed by atoms with van der Waals surface area (Å²) in [5, 5.41) is 2.76. The van der Waals surface area contributed by atoms with Gasteiger partial charge in [0.2, 0.25) is 11.8 Å². The molecular weight excluding hydrogens is 502 g/mol. The third-order valence-electron chi connectivity index (χ3n) is 6.25. The van der Waals surface area contributed by atoms with Gasteiger partial charge in [0.1, 0.15) is 18.3 Å². The number of aryl methyl sites for hydroxylation is 2. The van der Waals surface area contributed by atoms with Crippen LogP contribution in [0.2, 0.25) is 0 Å². The van der Waals surface area contributed by atoms with Crippen molar-refractivity contribution in [1.29, 1.82) is 0 Å². The summed E-state index contributed by atoms with van der Waals surface area (Å²) in [4.78, 5) is 28.2. The van der Waals surface area contributed by atoms with Crippen LogP contribution in [0.5, 0.6) is 5.75 Å². The van der Waals surface area contributed by atoms with Gasteiger partial charge in [-0.25, -0.2) is 8.42 Å². The van der Waals surface area contributed by atoms with E-state index in [1.165, 1.54) is 17.0 Å². The summed E-state index contributed by atoms with van der Waals surface area (Å²) in [7, 11) is -2.54. The quantitative estimate of drug-likeness (QED) is 0.398. The zero-order valence-electron chi connectivity index (χ0n) is 22.5. The van der Waals surface area contributed by atoms with Crippen molar-refractivity contribution in [3.8, 4) is 5.75 Å². The number of anilines is 1. The maximum atomic E-state index is 13.9. The third-order valence-corrected chi connectivity index (χ3v) is 8.02. The predicted octanol–water partition coefficient (Wildman–Crippen LogP) is 4.06. The number of ether oxygens (including phenoxy) is 1. The van der Waals surface area contributed by atoms with Gasteiger partial charge in [-0.05, 0) is 74.7 Å². The van der Waals surface area contributed by atoms with Crippen molar-refractivity contribution in [3.63, 3.8) is 0 Å². The number of carbonyl (C=O) groups excluding carboxylic acids is 2. The summed E-state index contributed by atoms with van der Waals surface area (Å²) in [6.07, 6.45) is 0. The van der Waals surface area contributed by atoms with Gasteiger partial charge in [-0.1, -0.05) is 42.5 Å². The molecule has 3 aromatic carbocycles. The van der Waals surface area contributed by atoms with Crippen LogP contribution in [0.25, 0.3) is 0 Å². The number of rotatable bonds is 11. The molecule has 0 fully saturated rings. The Hall–Kier alpha value is -3.85. The van der Waals surface area contributed by atoms with E-state index in [0.717, 1.165) is 15.4 Å². The zero-order valence-corrected chi connectivity index (χ0v) is 23.3. The zero-order chi connectivity index (χ0) is 27.9. The van der Waals surface area contributed by atoms with Crippen LogP contribution in [0.1, 0.15) is 30.5 Å². The molecule has 0 aromatic heterocycles. The molecule has 0 saturated carbocycles. The fraction of sp³-hybridized carbons (Fsp3) is 0.310. The van der Waals surface area contributed by atoms with Crippen LogP contribution < -0.4 is 14.4 Å². The number of carbonyl (C=O) groups is 2. The molecule has 0 bridgehead atoms. The van der Waals surface area contributed by atoms with Crippen molar-refractivity contribution >= 4 is 27.5 Å². The molecule has 1 N–H and O–H groups in total. The second kappa shape index (κ2) is 12.6. The first-order valence-corrected chi connectivity index (χ1v) is 13.9. The highest BCUT2D eigenvalue weighted by Gasteiger charge is 2.33. The van der Waals surface area contributed by atoms with Gasteiger partial charge in [-0.3, -0.25) is 13.9 Å². The number of nitrogens with zero attached hydrogens (tertiary/aromatic N) is 2. The van der Waals surface area contributed by atoms with Crippen molar-refractivity contribution in [3.05, 3.63) is 89.5 Å². The van der Waals surface area contributed by atoms with E-state index >= 15 is 0 Å². The Balaban J connectivity index is 2.06. The third kappa shape index (κ3) is 6.72. The molecule has 0 radical (unpaired) electrons. The summed E-state index contributed by atoms with van der Waals surface area (Å²) < 4.78 is 34.2. The second-order valence-electron chi connectivity index (χ2n) is 9.06. The van der Waals surface area contributed by atoms with Crippen LogP contribution in [0.3, 0.4) is 0 Å². The van der Waals surface area contributed by atoms with E-state index in [1.54, 1.807) is 70.3 Å². The number of benzene rings is 3. The number of likely N-dealkylation sites (N-methyl/N-ethyl adjacent to an activating group) is 1. The van der Waals surface area contributed by atoms with Crippen LogP contribution in [-0.4, -0.2) is 51.4 Å². The minimum absolute atomic E-state index is 0.0739. The Kier molecular flexibility index (Phi) is 9.52. The molecule has 0 heterocycles. The van der Waals surface area contributed by atoms with E-state index in [9.17, 15) is 18.0 Å². The highest BCUT2D eigenvalue weighted by Crippen LogP contribution is 2.28. The molecule has 38 heavy (non-hydrogen) atoms. The van der Waals surface area contributed by atoms with Gasteiger partial charge in [0.25, 0.3) is 10.0 Å². The molecule has 0 aliphatic carbocycles. The van der Waals surface area contributed by atoms with Crippen LogP contribution in [-0.2, 0) is 26.2 Å². The number of hydrogen-bond donors (Lipinski definition) is 1. The van der Waals surface area contributed by atoms with Crippen molar-refractivity contribution in [2.24, 2.45) is 0 Å². The average molecular weight is 538 g/mol. The smallest absolute Gasteiger partial charge is 0.264 e. The Bertz CT molecular complexity index is 1380. The lowest BCUT2D eigenvalue weighted by molar-refractivity contribution is -0.139. The van der Waals surface area contributed by atoms with E-state index in [2.05, 4.69) is 5.32 Å². The van der Waals surface area contributed by atoms with Gasteiger partial charge in [0, 0.05) is 13.1 Å². The lowest BCUT2D eigenvalue weighted by Gasteiger charge is -2.32. The van der Waals surface area contributed by atoms with Gasteiger partial charge in [-0.2, -0.15) is 0 Å². The Morgan fingerprint density at radius 1 is 0.974 bits per heavy atom. The van der Waals surface area contributed by atoms with E-state index in [0.29, 0.717) is 23.5 Å². The molecule has 2 amide bonds. The summed E-state index contributed by atoms with van der Waals surface area (Å²) in [5.74, 6) is -0.218. The van der Waals surface area contributed by atoms with E-state index in [1.807, 2.05) is 25.1 Å². The molecule has 3 rings (SSSR count). The minimum atomic E-state index is -4.10. The summed E-state index contributed by atoms with van der Waals surface area (Å²) in [6.45, 7) is 7.13. The minimum Gasteiger partial charge on any atom is -0.497 e. The van der Waals surface area contributed by atoms with E-state index in [4.69, 9.17) is 4.74 Å². The molecule has 0 aliphatic heterocycles. The Morgan fingerprint density at radius 2 is 1.68 bits per heavy atom. The van der Waals surface area contributed by atoms with Crippen molar-refractivity contribution in [2.45, 2.75) is 45.2 Å². The molecule has 0 spiro atoms. The normalized spacial score (nSPS) is 11.9. The van der Waals surface area contributed by atoms with Gasteiger partial charge in [0.05, 0.1) is 17.7 Å². The molecular formula is C29H35N3O5S. The fourth-order valence-electron chi connectivity index (χ4n) is 4.09. The van der Waals surface area contributed by atoms with E-state index < -0.39 is 28.5 Å². The van der Waals surface area contributed by atoms with Crippen LogP contribution in [0.4, 0.5) is 5.69 Å². The van der Waals surface area contributed by atoms with Crippen LogP contribution >= 0.6 is 0 Å². The highest BCUT2D eigenvalue weighted by molar-refractivity contribution is 7.92. The predicted molar refractivity (Wildman–Crippen MR) is 149 cm³/mol. The molecule has 1 unspecified atom stereocenters. The number of methoxy groups -OCH3 is 1. The number of nitrogens with one attached hydrogen (secondary N) is 1.